The summed E-state index contributed by atoms with van der Waals surface area (Å²) in [5.74, 6) is -0.120. The Hall–Kier alpha value is -3.08. The summed E-state index contributed by atoms with van der Waals surface area (Å²) in [5.41, 5.74) is 5.31. The number of alkyl halides is 2. The third-order valence-electron chi connectivity index (χ3n) is 5.04. The van der Waals surface area contributed by atoms with Crippen LogP contribution in [0.15, 0.2) is 18.5 Å². The van der Waals surface area contributed by atoms with Crippen LogP contribution in [0.25, 0.3) is 16.9 Å². The van der Waals surface area contributed by atoms with Crippen molar-refractivity contribution in [3.8, 4) is 11.3 Å². The number of nitrogens with zero attached hydrogens (tertiary/aromatic N) is 5. The lowest BCUT2D eigenvalue weighted by molar-refractivity contribution is 0.0987. The second-order valence-corrected chi connectivity index (χ2v) is 6.62. The van der Waals surface area contributed by atoms with Crippen molar-refractivity contribution in [2.45, 2.75) is 25.0 Å². The lowest BCUT2D eigenvalue weighted by Gasteiger charge is -2.27. The third-order valence-corrected chi connectivity index (χ3v) is 5.04. The Kier molecular flexibility index (Phi) is 3.41. The van der Waals surface area contributed by atoms with Gasteiger partial charge >= 0.3 is 0 Å². The number of fused-ring (bicyclic) bond motifs is 3. The van der Waals surface area contributed by atoms with Crippen LogP contribution in [0.1, 0.15) is 28.9 Å². The zero-order valence-electron chi connectivity index (χ0n) is 14.0. The first-order chi connectivity index (χ1) is 13.0. The molecule has 9 nitrogen and oxygen atoms in total. The van der Waals surface area contributed by atoms with Gasteiger partial charge in [0.1, 0.15) is 22.8 Å². The maximum atomic E-state index is 13.2. The van der Waals surface area contributed by atoms with Crippen molar-refractivity contribution in [1.82, 2.24) is 24.8 Å². The van der Waals surface area contributed by atoms with Crippen molar-refractivity contribution in [2.24, 2.45) is 5.73 Å². The Morgan fingerprint density at radius 1 is 1.44 bits per heavy atom. The maximum absolute atomic E-state index is 13.2. The molecule has 5 heterocycles. The van der Waals surface area contributed by atoms with Gasteiger partial charge in [0.05, 0.1) is 18.8 Å². The first-order valence-electron chi connectivity index (χ1n) is 8.42. The Morgan fingerprint density at radius 2 is 2.30 bits per heavy atom. The van der Waals surface area contributed by atoms with Crippen molar-refractivity contribution in [3.63, 3.8) is 0 Å². The number of morpholine rings is 1. The second-order valence-electron chi connectivity index (χ2n) is 6.62. The van der Waals surface area contributed by atoms with E-state index in [0.717, 1.165) is 13.0 Å². The van der Waals surface area contributed by atoms with Crippen LogP contribution in [0.2, 0.25) is 0 Å². The largest absolute Gasteiger partial charge is 0.374 e. The number of rotatable bonds is 4. The summed E-state index contributed by atoms with van der Waals surface area (Å²) in [7, 11) is 0. The lowest BCUT2D eigenvalue weighted by Crippen LogP contribution is -2.37. The summed E-state index contributed by atoms with van der Waals surface area (Å²) < 4.78 is 33.4. The zero-order chi connectivity index (χ0) is 18.7. The molecule has 3 aromatic heterocycles. The number of ether oxygens (including phenoxy) is 1. The number of primary amides is 1. The van der Waals surface area contributed by atoms with E-state index in [9.17, 15) is 13.6 Å². The summed E-state index contributed by atoms with van der Waals surface area (Å²) in [5, 5.41) is 10.2. The van der Waals surface area contributed by atoms with Gasteiger partial charge in [-0.1, -0.05) is 0 Å². The van der Waals surface area contributed by atoms with Gasteiger partial charge in [-0.2, -0.15) is 10.2 Å². The standard InChI is InChI=1S/C16H15F2N7O2/c17-14(18)13-9(4-20-22-13)12-11(15(19)26)16-21-10(1-2-25(16)23-12)24-5-8-3-7(24)6-27-8/h1-2,4,7-8,14H,3,5-6H2,(H2,19,26)(H,20,22)/t7-,8-/m1/s1. The molecule has 5 rings (SSSR count). The number of anilines is 1. The fourth-order valence-corrected chi connectivity index (χ4v) is 3.83. The third kappa shape index (κ3) is 2.38. The van der Waals surface area contributed by atoms with E-state index in [1.165, 1.54) is 10.7 Å². The molecule has 3 N–H and O–H groups in total. The summed E-state index contributed by atoms with van der Waals surface area (Å²) in [4.78, 5) is 18.8. The number of aromatic amines is 1. The van der Waals surface area contributed by atoms with E-state index in [-0.39, 0.29) is 34.6 Å². The van der Waals surface area contributed by atoms with E-state index >= 15 is 0 Å². The number of H-pyrrole nitrogens is 1. The number of carbonyl (C=O) groups excluding carboxylic acids is 1. The highest BCUT2D eigenvalue weighted by molar-refractivity contribution is 6.05. The number of hydrogen-bond donors (Lipinski definition) is 2. The molecule has 0 aliphatic carbocycles. The van der Waals surface area contributed by atoms with Gasteiger partial charge in [-0.3, -0.25) is 9.89 Å². The topological polar surface area (TPSA) is 114 Å². The van der Waals surface area contributed by atoms with Crippen LogP contribution in [0.5, 0.6) is 0 Å². The number of amides is 1. The molecular weight excluding hydrogens is 360 g/mol. The molecule has 0 spiro atoms. The van der Waals surface area contributed by atoms with E-state index in [2.05, 4.69) is 25.2 Å². The van der Waals surface area contributed by atoms with Crippen LogP contribution in [0.3, 0.4) is 0 Å². The van der Waals surface area contributed by atoms with Gasteiger partial charge in [-0.15, -0.1) is 0 Å². The van der Waals surface area contributed by atoms with Gasteiger partial charge in [0, 0.05) is 24.5 Å². The highest BCUT2D eigenvalue weighted by atomic mass is 19.3. The maximum Gasteiger partial charge on any atom is 0.282 e. The van der Waals surface area contributed by atoms with Gasteiger partial charge in [-0.25, -0.2) is 18.3 Å². The van der Waals surface area contributed by atoms with Gasteiger partial charge < -0.3 is 15.4 Å². The predicted molar refractivity (Wildman–Crippen MR) is 89.5 cm³/mol. The minimum absolute atomic E-state index is 0.0132. The molecule has 3 aromatic rings. The minimum Gasteiger partial charge on any atom is -0.374 e. The monoisotopic (exact) mass is 375 g/mol. The molecule has 2 aliphatic rings. The zero-order valence-corrected chi connectivity index (χ0v) is 14.0. The van der Waals surface area contributed by atoms with Gasteiger partial charge in [-0.05, 0) is 12.5 Å². The molecule has 0 unspecified atom stereocenters. The molecular formula is C16H15F2N7O2. The van der Waals surface area contributed by atoms with Crippen molar-refractivity contribution in [3.05, 3.63) is 29.7 Å². The summed E-state index contributed by atoms with van der Waals surface area (Å²) in [6.45, 7) is 1.36. The van der Waals surface area contributed by atoms with E-state index < -0.39 is 18.0 Å². The van der Waals surface area contributed by atoms with Gasteiger partial charge in [0.25, 0.3) is 12.3 Å². The molecule has 27 heavy (non-hydrogen) atoms. The fraction of sp³-hybridized carbons (Fsp3) is 0.375. The molecule has 2 saturated heterocycles. The number of carbonyl (C=O) groups is 1. The van der Waals surface area contributed by atoms with Gasteiger partial charge in [0.2, 0.25) is 0 Å². The molecule has 2 aliphatic heterocycles. The molecule has 2 fully saturated rings. The Bertz CT molecular complexity index is 1050. The van der Waals surface area contributed by atoms with Gasteiger partial charge in [0.15, 0.2) is 5.65 Å². The van der Waals surface area contributed by atoms with E-state index in [4.69, 9.17) is 10.5 Å². The average Bonchev–Trinajstić information content (AvgIpc) is 3.41. The molecule has 0 radical (unpaired) electrons. The van der Waals surface area contributed by atoms with E-state index in [0.29, 0.717) is 12.4 Å². The van der Waals surface area contributed by atoms with E-state index in [1.54, 1.807) is 12.3 Å². The van der Waals surface area contributed by atoms with Crippen LogP contribution in [0.4, 0.5) is 14.6 Å². The van der Waals surface area contributed by atoms with E-state index in [1.807, 2.05) is 0 Å². The Morgan fingerprint density at radius 3 is 2.96 bits per heavy atom. The Balaban J connectivity index is 1.66. The highest BCUT2D eigenvalue weighted by Crippen LogP contribution is 2.34. The fourth-order valence-electron chi connectivity index (χ4n) is 3.83. The lowest BCUT2D eigenvalue weighted by atomic mass is 10.1. The van der Waals surface area contributed by atoms with Crippen molar-refractivity contribution in [1.29, 1.82) is 0 Å². The summed E-state index contributed by atoms with van der Waals surface area (Å²) >= 11 is 0. The average molecular weight is 375 g/mol. The first-order valence-corrected chi connectivity index (χ1v) is 8.42. The number of halogens is 2. The predicted octanol–water partition coefficient (Wildman–Crippen LogP) is 1.13. The molecule has 2 bridgehead atoms. The molecule has 0 saturated carbocycles. The molecule has 11 heteroatoms. The normalized spacial score (nSPS) is 21.7. The number of aromatic nitrogens is 5. The van der Waals surface area contributed by atoms with Crippen molar-refractivity contribution < 1.29 is 18.3 Å². The number of nitrogens with two attached hydrogens (primary N) is 1. The van der Waals surface area contributed by atoms with Crippen LogP contribution in [-0.4, -0.2) is 56.0 Å². The number of hydrogen-bond acceptors (Lipinski definition) is 6. The van der Waals surface area contributed by atoms with Crippen LogP contribution >= 0.6 is 0 Å². The first kappa shape index (κ1) is 16.1. The molecule has 2 atom stereocenters. The molecule has 140 valence electrons. The summed E-state index contributed by atoms with van der Waals surface area (Å²) in [6, 6.07) is 2.02. The van der Waals surface area contributed by atoms with Crippen molar-refractivity contribution in [2.75, 3.05) is 18.1 Å². The SMILES string of the molecule is NC(=O)c1c(-c2c[nH]nc2C(F)F)nn2ccc(N3C[C@H]4C[C@@H]3CO4)nc12. The smallest absolute Gasteiger partial charge is 0.282 e. The van der Waals surface area contributed by atoms with Crippen LogP contribution < -0.4 is 10.6 Å². The molecule has 0 aromatic carbocycles. The Labute approximate surface area is 151 Å². The quantitative estimate of drug-likeness (QED) is 0.707. The second kappa shape index (κ2) is 5.71. The van der Waals surface area contributed by atoms with Crippen LogP contribution in [-0.2, 0) is 4.74 Å². The minimum atomic E-state index is -2.82. The summed E-state index contributed by atoms with van der Waals surface area (Å²) in [6.07, 6.45) is 1.21. The van der Waals surface area contributed by atoms with Crippen molar-refractivity contribution >= 4 is 17.4 Å². The molecule has 1 amide bonds. The van der Waals surface area contributed by atoms with Crippen LogP contribution in [0, 0.1) is 0 Å². The highest BCUT2D eigenvalue weighted by Gasteiger charge is 2.40. The number of nitrogens with one attached hydrogen (secondary N) is 1.